The van der Waals surface area contributed by atoms with E-state index in [0.29, 0.717) is 12.5 Å². The first-order chi connectivity index (χ1) is 10.7. The Morgan fingerprint density at radius 1 is 1.50 bits per heavy atom. The molecular formula is C15H20N6S. The second kappa shape index (κ2) is 6.43. The van der Waals surface area contributed by atoms with E-state index in [1.807, 2.05) is 18.3 Å². The van der Waals surface area contributed by atoms with Gasteiger partial charge >= 0.3 is 0 Å². The van der Waals surface area contributed by atoms with Gasteiger partial charge in [-0.1, -0.05) is 6.08 Å². The van der Waals surface area contributed by atoms with Crippen LogP contribution in [0.1, 0.15) is 11.3 Å². The lowest BCUT2D eigenvalue weighted by molar-refractivity contribution is 0.728. The van der Waals surface area contributed by atoms with Gasteiger partial charge < -0.3 is 16.8 Å². The van der Waals surface area contributed by atoms with Gasteiger partial charge in [-0.15, -0.1) is 11.3 Å². The van der Waals surface area contributed by atoms with Gasteiger partial charge in [-0.05, 0) is 31.0 Å². The summed E-state index contributed by atoms with van der Waals surface area (Å²) < 4.78 is 1.80. The first-order valence-corrected chi connectivity index (χ1v) is 8.10. The van der Waals surface area contributed by atoms with Gasteiger partial charge in [0.25, 0.3) is 0 Å². The van der Waals surface area contributed by atoms with E-state index in [1.54, 1.807) is 22.1 Å². The number of rotatable bonds is 4. The largest absolute Gasteiger partial charge is 0.381 e. The quantitative estimate of drug-likeness (QED) is 0.680. The Kier molecular flexibility index (Phi) is 4.37. The number of nitrogen functional groups attached to an aromatic ring is 1. The number of anilines is 1. The van der Waals surface area contributed by atoms with Crippen LogP contribution in [0.4, 0.5) is 5.82 Å². The Bertz CT molecular complexity index is 739. The molecule has 0 radical (unpaired) electrons. The molecular weight excluding hydrogens is 296 g/mol. The number of nitrogens with zero attached hydrogens (tertiary/aromatic N) is 2. The zero-order valence-electron chi connectivity index (χ0n) is 12.2. The highest BCUT2D eigenvalue weighted by atomic mass is 32.1. The number of aromatic nitrogens is 2. The van der Waals surface area contributed by atoms with Crippen molar-refractivity contribution in [1.82, 2.24) is 14.9 Å². The summed E-state index contributed by atoms with van der Waals surface area (Å²) in [6, 6.07) is 4.02. The summed E-state index contributed by atoms with van der Waals surface area (Å²) in [7, 11) is 0. The van der Waals surface area contributed by atoms with E-state index in [0.717, 1.165) is 35.0 Å². The molecule has 6 nitrogen and oxygen atoms in total. The minimum atomic E-state index is 0.211. The van der Waals surface area contributed by atoms with E-state index in [2.05, 4.69) is 16.4 Å². The van der Waals surface area contributed by atoms with Gasteiger partial charge in [0, 0.05) is 24.2 Å². The number of nitrogens with one attached hydrogen (secondary N) is 2. The molecule has 0 bridgehead atoms. The van der Waals surface area contributed by atoms with Crippen LogP contribution in [0.3, 0.4) is 0 Å². The third kappa shape index (κ3) is 2.96. The van der Waals surface area contributed by atoms with Crippen molar-refractivity contribution < 1.29 is 0 Å². The van der Waals surface area contributed by atoms with Crippen molar-refractivity contribution >= 4 is 23.4 Å². The molecule has 1 aliphatic heterocycles. The molecule has 3 heterocycles. The third-order valence-corrected chi connectivity index (χ3v) is 4.92. The van der Waals surface area contributed by atoms with E-state index < -0.39 is 0 Å². The second-order valence-electron chi connectivity index (χ2n) is 5.31. The van der Waals surface area contributed by atoms with Crippen molar-refractivity contribution in [1.29, 1.82) is 5.41 Å². The van der Waals surface area contributed by atoms with Crippen molar-refractivity contribution in [3.8, 4) is 10.6 Å². The second-order valence-corrected chi connectivity index (χ2v) is 6.48. The number of thiophene rings is 1. The van der Waals surface area contributed by atoms with Crippen molar-refractivity contribution in [2.24, 2.45) is 11.7 Å². The molecule has 22 heavy (non-hydrogen) atoms. The Morgan fingerprint density at radius 3 is 3.05 bits per heavy atom. The molecule has 0 spiro atoms. The van der Waals surface area contributed by atoms with Crippen LogP contribution in [0.15, 0.2) is 24.4 Å². The summed E-state index contributed by atoms with van der Waals surface area (Å²) in [6.45, 7) is 2.55. The van der Waals surface area contributed by atoms with E-state index >= 15 is 0 Å². The molecule has 0 aliphatic carbocycles. The molecule has 0 saturated carbocycles. The van der Waals surface area contributed by atoms with Crippen LogP contribution < -0.4 is 22.3 Å². The van der Waals surface area contributed by atoms with Crippen LogP contribution in [-0.2, 0) is 6.54 Å². The molecule has 2 aromatic heterocycles. The van der Waals surface area contributed by atoms with E-state index in [9.17, 15) is 0 Å². The fourth-order valence-electron chi connectivity index (χ4n) is 2.51. The van der Waals surface area contributed by atoms with Crippen LogP contribution in [0.2, 0.25) is 0 Å². The molecule has 6 N–H and O–H groups in total. The van der Waals surface area contributed by atoms with Crippen molar-refractivity contribution in [3.63, 3.8) is 0 Å². The number of hydrogen-bond donors (Lipinski definition) is 4. The number of hydrogen-bond acceptors (Lipinski definition) is 6. The average molecular weight is 316 g/mol. The molecule has 0 unspecified atom stereocenters. The van der Waals surface area contributed by atoms with Gasteiger partial charge in [-0.25, -0.2) is 4.98 Å². The minimum Gasteiger partial charge on any atom is -0.381 e. The molecule has 2 aromatic rings. The fourth-order valence-corrected chi connectivity index (χ4v) is 3.40. The van der Waals surface area contributed by atoms with Gasteiger partial charge in [0.15, 0.2) is 11.3 Å². The first kappa shape index (κ1) is 15.0. The highest BCUT2D eigenvalue weighted by Crippen LogP contribution is 2.27. The molecule has 1 saturated heterocycles. The van der Waals surface area contributed by atoms with E-state index in [1.165, 1.54) is 0 Å². The van der Waals surface area contributed by atoms with Gasteiger partial charge in [0.1, 0.15) is 0 Å². The summed E-state index contributed by atoms with van der Waals surface area (Å²) in [6.07, 6.45) is 6.92. The topological polar surface area (TPSA) is 106 Å². The zero-order valence-corrected chi connectivity index (χ0v) is 13.1. The average Bonchev–Trinajstić information content (AvgIpc) is 3.19. The summed E-state index contributed by atoms with van der Waals surface area (Å²) in [5.41, 5.74) is 12.6. The Morgan fingerprint density at radius 2 is 2.36 bits per heavy atom. The predicted octanol–water partition coefficient (Wildman–Crippen LogP) is 1.21. The highest BCUT2D eigenvalue weighted by Gasteiger charge is 2.12. The first-order valence-electron chi connectivity index (χ1n) is 7.29. The van der Waals surface area contributed by atoms with Crippen LogP contribution in [0.25, 0.3) is 16.8 Å². The lowest BCUT2D eigenvalue weighted by Gasteiger charge is -2.10. The van der Waals surface area contributed by atoms with Crippen LogP contribution in [0.5, 0.6) is 0 Å². The van der Waals surface area contributed by atoms with Crippen molar-refractivity contribution in [3.05, 3.63) is 34.8 Å². The van der Waals surface area contributed by atoms with Gasteiger partial charge in [-0.2, -0.15) is 0 Å². The maximum atomic E-state index is 8.20. The molecule has 0 aromatic carbocycles. The zero-order chi connectivity index (χ0) is 15.5. The standard InChI is InChI=1S/C15H20N6S/c16-7-11-1-2-13(22-11)12-9-20-14(17)15(18)21(12)6-4-10-3-5-19-8-10/h1-2,4,6,9-10,18-19H,3,5,7-8,16H2,(H2,17,20)/b6-4+,18-15?/t10-/m1/s1. The smallest absolute Gasteiger partial charge is 0.172 e. The summed E-state index contributed by atoms with van der Waals surface area (Å²) >= 11 is 1.62. The van der Waals surface area contributed by atoms with Crippen molar-refractivity contribution in [2.75, 3.05) is 18.8 Å². The van der Waals surface area contributed by atoms with Crippen LogP contribution >= 0.6 is 11.3 Å². The molecule has 0 amide bonds. The Labute approximate surface area is 133 Å². The molecule has 1 aliphatic rings. The van der Waals surface area contributed by atoms with Crippen LogP contribution in [-0.4, -0.2) is 22.6 Å². The fraction of sp³-hybridized carbons (Fsp3) is 0.333. The minimum absolute atomic E-state index is 0.211. The highest BCUT2D eigenvalue weighted by molar-refractivity contribution is 7.15. The summed E-state index contributed by atoms with van der Waals surface area (Å²) in [5, 5.41) is 11.5. The lowest BCUT2D eigenvalue weighted by atomic mass is 10.1. The summed E-state index contributed by atoms with van der Waals surface area (Å²) in [5.74, 6) is 0.727. The maximum absolute atomic E-state index is 8.20. The van der Waals surface area contributed by atoms with Crippen molar-refractivity contribution in [2.45, 2.75) is 13.0 Å². The normalized spacial score (nSPS) is 18.3. The molecule has 116 valence electrons. The third-order valence-electron chi connectivity index (χ3n) is 3.79. The molecule has 1 fully saturated rings. The monoisotopic (exact) mass is 316 g/mol. The van der Waals surface area contributed by atoms with E-state index in [-0.39, 0.29) is 11.3 Å². The van der Waals surface area contributed by atoms with Gasteiger partial charge in [0.05, 0.1) is 16.8 Å². The molecule has 7 heteroatoms. The number of nitrogens with two attached hydrogens (primary N) is 2. The van der Waals surface area contributed by atoms with Gasteiger partial charge in [0.2, 0.25) is 0 Å². The van der Waals surface area contributed by atoms with E-state index in [4.69, 9.17) is 16.9 Å². The Hall–Kier alpha value is -1.96. The van der Waals surface area contributed by atoms with Crippen LogP contribution in [0, 0.1) is 11.3 Å². The molecule has 3 rings (SSSR count). The van der Waals surface area contributed by atoms with Gasteiger partial charge in [-0.3, -0.25) is 9.98 Å². The summed E-state index contributed by atoms with van der Waals surface area (Å²) in [4.78, 5) is 6.27. The lowest BCUT2D eigenvalue weighted by Crippen LogP contribution is -2.22. The maximum Gasteiger partial charge on any atom is 0.172 e. The SMILES string of the molecule is N=c1c(N)ncc(-c2ccc(CN)s2)n1/C=C/[C@H]1CCNC1. The predicted molar refractivity (Wildman–Crippen MR) is 90.0 cm³/mol. The molecule has 1 atom stereocenters. The Balaban J connectivity index is 2.02.